The Balaban J connectivity index is 2.27. The molecule has 0 unspecified atom stereocenters. The van der Waals surface area contributed by atoms with Crippen molar-refractivity contribution in [1.82, 2.24) is 14.9 Å². The molecule has 0 fully saturated rings. The third kappa shape index (κ3) is 1.89. The highest BCUT2D eigenvalue weighted by molar-refractivity contribution is 5.65. The van der Waals surface area contributed by atoms with Crippen LogP contribution in [0.3, 0.4) is 0 Å². The summed E-state index contributed by atoms with van der Waals surface area (Å²) >= 11 is 0. The number of nitrogens with zero attached hydrogens (tertiary/aromatic N) is 3. The molecule has 6 heteroatoms. The first kappa shape index (κ1) is 9.85. The lowest BCUT2D eigenvalue weighted by Gasteiger charge is -2.25. The molecule has 2 N–H and O–H groups in total. The van der Waals surface area contributed by atoms with Crippen molar-refractivity contribution in [2.24, 2.45) is 0 Å². The Morgan fingerprint density at radius 2 is 2.40 bits per heavy atom. The summed E-state index contributed by atoms with van der Waals surface area (Å²) in [6.45, 7) is 0.532. The lowest BCUT2D eigenvalue weighted by molar-refractivity contribution is 0.139. The fourth-order valence-electron chi connectivity index (χ4n) is 1.58. The number of hydrogen-bond acceptors (Lipinski definition) is 4. The van der Waals surface area contributed by atoms with E-state index in [1.54, 1.807) is 6.20 Å². The molecule has 15 heavy (non-hydrogen) atoms. The van der Waals surface area contributed by atoms with Gasteiger partial charge in [-0.2, -0.15) is 0 Å². The summed E-state index contributed by atoms with van der Waals surface area (Å²) in [5.74, 6) is 0.334. The molecule has 0 saturated carbocycles. The monoisotopic (exact) mass is 209 g/mol. The summed E-state index contributed by atoms with van der Waals surface area (Å²) in [7, 11) is 0. The molecule has 80 valence electrons. The van der Waals surface area contributed by atoms with E-state index >= 15 is 0 Å². The normalized spacial score (nSPS) is 14.9. The molecule has 0 aromatic carbocycles. The van der Waals surface area contributed by atoms with Crippen molar-refractivity contribution in [1.29, 1.82) is 0 Å². The van der Waals surface area contributed by atoms with Crippen molar-refractivity contribution in [3.05, 3.63) is 23.3 Å². The minimum absolute atomic E-state index is 0.222. The Hall–Kier alpha value is -1.69. The Bertz CT molecular complexity index is 394. The molecule has 2 heterocycles. The molecule has 0 atom stereocenters. The number of aliphatic hydroxyl groups excluding tert-OH is 1. The van der Waals surface area contributed by atoms with Gasteiger partial charge in [0.2, 0.25) is 0 Å². The number of carboxylic acid groups (broad SMARTS) is 1. The van der Waals surface area contributed by atoms with Crippen LogP contribution in [0, 0.1) is 0 Å². The number of hydrogen-bond donors (Lipinski definition) is 2. The van der Waals surface area contributed by atoms with Crippen LogP contribution in [0.4, 0.5) is 4.79 Å². The summed E-state index contributed by atoms with van der Waals surface area (Å²) in [5, 5.41) is 17.7. The lowest BCUT2D eigenvalue weighted by Crippen LogP contribution is -2.35. The number of aromatic nitrogens is 2. The second-order valence-electron chi connectivity index (χ2n) is 3.37. The number of fused-ring (bicyclic) bond motifs is 1. The van der Waals surface area contributed by atoms with Gasteiger partial charge in [0.05, 0.1) is 12.2 Å². The molecule has 1 aromatic heterocycles. The Morgan fingerprint density at radius 3 is 3.07 bits per heavy atom. The van der Waals surface area contributed by atoms with Gasteiger partial charge in [-0.05, 0) is 12.0 Å². The van der Waals surface area contributed by atoms with Crippen LogP contribution in [0.1, 0.15) is 17.1 Å². The zero-order chi connectivity index (χ0) is 10.8. The van der Waals surface area contributed by atoms with E-state index < -0.39 is 6.09 Å². The van der Waals surface area contributed by atoms with E-state index in [-0.39, 0.29) is 13.2 Å². The highest BCUT2D eigenvalue weighted by Crippen LogP contribution is 2.16. The molecular formula is C9H11N3O3. The van der Waals surface area contributed by atoms with Crippen molar-refractivity contribution in [2.75, 3.05) is 6.54 Å². The van der Waals surface area contributed by atoms with E-state index in [1.165, 1.54) is 4.90 Å². The topological polar surface area (TPSA) is 86.5 Å². The molecule has 1 aliphatic rings. The van der Waals surface area contributed by atoms with Gasteiger partial charge in [0.25, 0.3) is 0 Å². The minimum Gasteiger partial charge on any atom is -0.465 e. The molecule has 0 spiro atoms. The molecule has 1 aromatic rings. The predicted molar refractivity (Wildman–Crippen MR) is 50.1 cm³/mol. The maximum atomic E-state index is 10.8. The highest BCUT2D eigenvalue weighted by Gasteiger charge is 2.21. The van der Waals surface area contributed by atoms with Gasteiger partial charge in [-0.3, -0.25) is 0 Å². The molecule has 2 rings (SSSR count). The molecule has 1 aliphatic heterocycles. The third-order valence-electron chi connectivity index (χ3n) is 2.41. The van der Waals surface area contributed by atoms with E-state index in [0.29, 0.717) is 24.5 Å². The van der Waals surface area contributed by atoms with Crippen LogP contribution >= 0.6 is 0 Å². The van der Waals surface area contributed by atoms with Crippen LogP contribution in [0.15, 0.2) is 6.20 Å². The van der Waals surface area contributed by atoms with Gasteiger partial charge in [-0.15, -0.1) is 0 Å². The summed E-state index contributed by atoms with van der Waals surface area (Å²) in [6, 6.07) is 0. The van der Waals surface area contributed by atoms with Crippen LogP contribution in [0.2, 0.25) is 0 Å². The van der Waals surface area contributed by atoms with Crippen molar-refractivity contribution in [3.8, 4) is 0 Å². The van der Waals surface area contributed by atoms with Crippen molar-refractivity contribution in [3.63, 3.8) is 0 Å². The predicted octanol–water partition coefficient (Wildman–Crippen LogP) is 0.00500. The summed E-state index contributed by atoms with van der Waals surface area (Å²) in [5.41, 5.74) is 1.66. The minimum atomic E-state index is -0.940. The Labute approximate surface area is 86.2 Å². The average molecular weight is 209 g/mol. The average Bonchev–Trinajstić information content (AvgIpc) is 2.27. The van der Waals surface area contributed by atoms with Crippen LogP contribution in [-0.2, 0) is 19.6 Å². The van der Waals surface area contributed by atoms with Gasteiger partial charge in [-0.25, -0.2) is 14.8 Å². The molecule has 0 aliphatic carbocycles. The van der Waals surface area contributed by atoms with Crippen molar-refractivity contribution >= 4 is 6.09 Å². The van der Waals surface area contributed by atoms with Gasteiger partial charge in [-0.1, -0.05) is 0 Å². The molecule has 1 amide bonds. The van der Waals surface area contributed by atoms with E-state index in [0.717, 1.165) is 5.56 Å². The standard InChI is InChI=1S/C9H11N3O3/c13-5-8-10-3-6-1-2-12(9(14)15)4-7(6)11-8/h3,13H,1-2,4-5H2,(H,14,15). The Kier molecular flexibility index (Phi) is 2.51. The fourth-order valence-corrected chi connectivity index (χ4v) is 1.58. The zero-order valence-corrected chi connectivity index (χ0v) is 8.05. The SMILES string of the molecule is O=C(O)N1CCc2cnc(CO)nc2C1. The van der Waals surface area contributed by atoms with E-state index in [9.17, 15) is 4.79 Å². The summed E-state index contributed by atoms with van der Waals surface area (Å²) in [6.07, 6.45) is 1.35. The van der Waals surface area contributed by atoms with E-state index in [4.69, 9.17) is 10.2 Å². The van der Waals surface area contributed by atoms with Crippen molar-refractivity contribution < 1.29 is 15.0 Å². The lowest BCUT2D eigenvalue weighted by atomic mass is 10.1. The highest BCUT2D eigenvalue weighted by atomic mass is 16.4. The molecular weight excluding hydrogens is 198 g/mol. The first-order valence-electron chi connectivity index (χ1n) is 4.63. The van der Waals surface area contributed by atoms with Gasteiger partial charge in [0, 0.05) is 12.7 Å². The maximum Gasteiger partial charge on any atom is 0.407 e. The summed E-state index contributed by atoms with van der Waals surface area (Å²) in [4.78, 5) is 20.1. The van der Waals surface area contributed by atoms with Crippen LogP contribution in [-0.4, -0.2) is 37.7 Å². The van der Waals surface area contributed by atoms with Crippen LogP contribution in [0.5, 0.6) is 0 Å². The number of rotatable bonds is 1. The second-order valence-corrected chi connectivity index (χ2v) is 3.37. The Morgan fingerprint density at radius 1 is 1.60 bits per heavy atom. The largest absolute Gasteiger partial charge is 0.465 e. The quantitative estimate of drug-likeness (QED) is 0.680. The summed E-state index contributed by atoms with van der Waals surface area (Å²) < 4.78 is 0. The van der Waals surface area contributed by atoms with Crippen LogP contribution in [0.25, 0.3) is 0 Å². The zero-order valence-electron chi connectivity index (χ0n) is 8.05. The number of carbonyl (C=O) groups is 1. The molecule has 0 radical (unpaired) electrons. The fraction of sp³-hybridized carbons (Fsp3) is 0.444. The second kappa shape index (κ2) is 3.82. The molecule has 0 saturated heterocycles. The van der Waals surface area contributed by atoms with Gasteiger partial charge < -0.3 is 15.1 Å². The first-order valence-corrected chi connectivity index (χ1v) is 4.63. The van der Waals surface area contributed by atoms with Crippen molar-refractivity contribution in [2.45, 2.75) is 19.6 Å². The van der Waals surface area contributed by atoms with Gasteiger partial charge in [0.1, 0.15) is 6.61 Å². The van der Waals surface area contributed by atoms with E-state index in [2.05, 4.69) is 9.97 Å². The number of amides is 1. The van der Waals surface area contributed by atoms with Crippen LogP contribution < -0.4 is 0 Å². The molecule has 0 bridgehead atoms. The van der Waals surface area contributed by atoms with Gasteiger partial charge >= 0.3 is 6.09 Å². The smallest absolute Gasteiger partial charge is 0.407 e. The maximum absolute atomic E-state index is 10.8. The first-order chi connectivity index (χ1) is 7.20. The third-order valence-corrected chi connectivity index (χ3v) is 2.41. The molecule has 6 nitrogen and oxygen atoms in total. The van der Waals surface area contributed by atoms with Gasteiger partial charge in [0.15, 0.2) is 5.82 Å². The van der Waals surface area contributed by atoms with E-state index in [1.807, 2.05) is 0 Å². The number of aliphatic hydroxyl groups is 1.